The number of hydrogen-bond acceptors (Lipinski definition) is 6. The van der Waals surface area contributed by atoms with Crippen LogP contribution in [0.15, 0.2) is 72.8 Å². The maximum Gasteiger partial charge on any atom is 0.347 e. The number of carbonyl (C=O) groups excluding carboxylic acids is 2. The highest BCUT2D eigenvalue weighted by Crippen LogP contribution is 2.30. The predicted molar refractivity (Wildman–Crippen MR) is 139 cm³/mol. The first-order chi connectivity index (χ1) is 17.6. The Bertz CT molecular complexity index is 1410. The highest BCUT2D eigenvalue weighted by atomic mass is 16.5. The summed E-state index contributed by atoms with van der Waals surface area (Å²) in [5.74, 6) is -1.06. The van der Waals surface area contributed by atoms with E-state index in [4.69, 9.17) is 9.47 Å². The summed E-state index contributed by atoms with van der Waals surface area (Å²) in [4.78, 5) is 28.5. The lowest BCUT2D eigenvalue weighted by Gasteiger charge is -2.26. The summed E-state index contributed by atoms with van der Waals surface area (Å²) < 4.78 is 11.1. The van der Waals surface area contributed by atoms with Crippen LogP contribution in [0.5, 0.6) is 11.5 Å². The summed E-state index contributed by atoms with van der Waals surface area (Å²) in [7, 11) is 0. The molecule has 1 heterocycles. The van der Waals surface area contributed by atoms with Crippen LogP contribution in [-0.2, 0) is 4.74 Å². The molecule has 184 valence electrons. The third kappa shape index (κ3) is 5.32. The number of aromatic hydroxyl groups is 1. The number of ether oxygens (including phenoxy) is 2. The molecule has 0 spiro atoms. The molecule has 7 heteroatoms. The van der Waals surface area contributed by atoms with E-state index in [-0.39, 0.29) is 28.5 Å². The highest BCUT2D eigenvalue weighted by Gasteiger charge is 2.20. The van der Waals surface area contributed by atoms with Crippen molar-refractivity contribution in [2.75, 3.05) is 39.4 Å². The number of morpholine rings is 1. The fourth-order valence-corrected chi connectivity index (χ4v) is 4.45. The Morgan fingerprint density at radius 1 is 0.861 bits per heavy atom. The van der Waals surface area contributed by atoms with Gasteiger partial charge in [0, 0.05) is 19.6 Å². The standard InChI is InChI=1S/C29H28N2O5/c32-26-18-22-8-3-1-6-20(22)16-24(26)29(34)36-27-19-23-9-4-2-7-21(23)17-25(27)28(33)30-10-5-11-31-12-14-35-15-13-31/h1-4,6-9,16-19,32H,5,10-15H2,(H,30,33). The number of amides is 1. The largest absolute Gasteiger partial charge is 0.507 e. The molecule has 0 radical (unpaired) electrons. The van der Waals surface area contributed by atoms with Gasteiger partial charge in [-0.1, -0.05) is 48.5 Å². The molecule has 0 saturated carbocycles. The average molecular weight is 485 g/mol. The number of esters is 1. The van der Waals surface area contributed by atoms with E-state index < -0.39 is 5.97 Å². The van der Waals surface area contributed by atoms with Gasteiger partial charge in [-0.2, -0.15) is 0 Å². The molecule has 1 aliphatic rings. The van der Waals surface area contributed by atoms with Crippen LogP contribution >= 0.6 is 0 Å². The van der Waals surface area contributed by atoms with Gasteiger partial charge in [0.1, 0.15) is 17.1 Å². The zero-order valence-electron chi connectivity index (χ0n) is 19.9. The molecule has 5 rings (SSSR count). The minimum Gasteiger partial charge on any atom is -0.507 e. The quantitative estimate of drug-likeness (QED) is 0.230. The van der Waals surface area contributed by atoms with Crippen LogP contribution in [0.3, 0.4) is 0 Å². The normalized spacial score (nSPS) is 14.1. The Balaban J connectivity index is 1.36. The van der Waals surface area contributed by atoms with Crippen molar-refractivity contribution in [3.8, 4) is 11.5 Å². The lowest BCUT2D eigenvalue weighted by molar-refractivity contribution is 0.0374. The number of phenols is 1. The van der Waals surface area contributed by atoms with Gasteiger partial charge in [0.05, 0.1) is 18.8 Å². The number of phenolic OH excluding ortho intramolecular Hbond substituents is 1. The van der Waals surface area contributed by atoms with Gasteiger partial charge in [0.2, 0.25) is 0 Å². The molecule has 1 aliphatic heterocycles. The second kappa shape index (κ2) is 10.8. The molecular weight excluding hydrogens is 456 g/mol. The number of rotatable bonds is 7. The minimum absolute atomic E-state index is 0.0405. The minimum atomic E-state index is -0.727. The molecule has 0 aliphatic carbocycles. The van der Waals surface area contributed by atoms with E-state index in [1.54, 1.807) is 18.2 Å². The topological polar surface area (TPSA) is 88.1 Å². The van der Waals surface area contributed by atoms with Crippen LogP contribution in [0.1, 0.15) is 27.1 Å². The molecule has 2 N–H and O–H groups in total. The van der Waals surface area contributed by atoms with Gasteiger partial charge in [-0.3, -0.25) is 9.69 Å². The Labute approximate surface area is 209 Å². The van der Waals surface area contributed by atoms with Crippen molar-refractivity contribution in [2.45, 2.75) is 6.42 Å². The van der Waals surface area contributed by atoms with Gasteiger partial charge in [-0.25, -0.2) is 4.79 Å². The first kappa shape index (κ1) is 23.8. The van der Waals surface area contributed by atoms with Crippen molar-refractivity contribution in [3.63, 3.8) is 0 Å². The Hall–Kier alpha value is -3.94. The van der Waals surface area contributed by atoms with Gasteiger partial charge < -0.3 is 19.9 Å². The number of benzene rings is 4. The molecule has 0 atom stereocenters. The second-order valence-corrected chi connectivity index (χ2v) is 8.87. The predicted octanol–water partition coefficient (Wildman–Crippen LogP) is 4.37. The second-order valence-electron chi connectivity index (χ2n) is 8.87. The first-order valence-electron chi connectivity index (χ1n) is 12.1. The Morgan fingerprint density at radius 3 is 2.11 bits per heavy atom. The van der Waals surface area contributed by atoms with Crippen molar-refractivity contribution in [1.82, 2.24) is 10.2 Å². The van der Waals surface area contributed by atoms with E-state index in [1.165, 1.54) is 6.07 Å². The first-order valence-corrected chi connectivity index (χ1v) is 12.1. The van der Waals surface area contributed by atoms with E-state index in [0.29, 0.717) is 6.54 Å². The van der Waals surface area contributed by atoms with Crippen LogP contribution < -0.4 is 10.1 Å². The molecule has 0 bridgehead atoms. The van der Waals surface area contributed by atoms with E-state index in [2.05, 4.69) is 10.2 Å². The number of fused-ring (bicyclic) bond motifs is 2. The summed E-state index contributed by atoms with van der Waals surface area (Å²) in [6.45, 7) is 4.67. The van der Waals surface area contributed by atoms with Gasteiger partial charge >= 0.3 is 5.97 Å². The lowest BCUT2D eigenvalue weighted by Crippen LogP contribution is -2.38. The molecule has 4 aromatic rings. The van der Waals surface area contributed by atoms with Crippen molar-refractivity contribution in [3.05, 3.63) is 83.9 Å². The molecule has 0 unspecified atom stereocenters. The summed E-state index contributed by atoms with van der Waals surface area (Å²) in [6.07, 6.45) is 0.805. The van der Waals surface area contributed by atoms with Crippen molar-refractivity contribution in [2.24, 2.45) is 0 Å². The van der Waals surface area contributed by atoms with Crippen molar-refractivity contribution < 1.29 is 24.2 Å². The lowest BCUT2D eigenvalue weighted by atomic mass is 10.0. The maximum atomic E-state index is 13.1. The zero-order chi connectivity index (χ0) is 24.9. The van der Waals surface area contributed by atoms with Crippen LogP contribution in [0.4, 0.5) is 0 Å². The van der Waals surface area contributed by atoms with Crippen LogP contribution in [-0.4, -0.2) is 61.3 Å². The molecule has 7 nitrogen and oxygen atoms in total. The summed E-state index contributed by atoms with van der Waals surface area (Å²) >= 11 is 0. The average Bonchev–Trinajstić information content (AvgIpc) is 2.90. The van der Waals surface area contributed by atoms with E-state index >= 15 is 0 Å². The van der Waals surface area contributed by atoms with E-state index in [0.717, 1.165) is 60.8 Å². The fourth-order valence-electron chi connectivity index (χ4n) is 4.45. The highest BCUT2D eigenvalue weighted by molar-refractivity contribution is 6.04. The fraction of sp³-hybridized carbons (Fsp3) is 0.241. The van der Waals surface area contributed by atoms with Gasteiger partial charge in [-0.05, 0) is 58.8 Å². The number of hydrogen-bond donors (Lipinski definition) is 2. The smallest absolute Gasteiger partial charge is 0.347 e. The Kier molecular flexibility index (Phi) is 7.11. The third-order valence-corrected chi connectivity index (χ3v) is 6.42. The van der Waals surface area contributed by atoms with Crippen molar-refractivity contribution in [1.29, 1.82) is 0 Å². The van der Waals surface area contributed by atoms with Crippen LogP contribution in [0, 0.1) is 0 Å². The zero-order valence-corrected chi connectivity index (χ0v) is 19.9. The van der Waals surface area contributed by atoms with E-state index in [1.807, 2.05) is 48.5 Å². The third-order valence-electron chi connectivity index (χ3n) is 6.42. The maximum absolute atomic E-state index is 13.1. The molecule has 1 amide bonds. The van der Waals surface area contributed by atoms with Crippen LogP contribution in [0.2, 0.25) is 0 Å². The summed E-state index contributed by atoms with van der Waals surface area (Å²) in [6, 6.07) is 21.6. The molecule has 1 fully saturated rings. The number of carbonyl (C=O) groups is 2. The number of nitrogens with zero attached hydrogens (tertiary/aromatic N) is 1. The monoisotopic (exact) mass is 484 g/mol. The summed E-state index contributed by atoms with van der Waals surface area (Å²) in [5.41, 5.74) is 0.312. The molecular formula is C29H28N2O5. The molecule has 4 aromatic carbocycles. The van der Waals surface area contributed by atoms with E-state index in [9.17, 15) is 14.7 Å². The number of nitrogens with one attached hydrogen (secondary N) is 1. The SMILES string of the molecule is O=C(Oc1cc2ccccc2cc1C(=O)NCCCN1CCOCC1)c1cc2ccccc2cc1O. The summed E-state index contributed by atoms with van der Waals surface area (Å²) in [5, 5.41) is 16.7. The molecule has 0 aromatic heterocycles. The molecule has 36 heavy (non-hydrogen) atoms. The van der Waals surface area contributed by atoms with Gasteiger partial charge in [0.25, 0.3) is 5.91 Å². The van der Waals surface area contributed by atoms with Gasteiger partial charge in [0.15, 0.2) is 0 Å². The molecule has 1 saturated heterocycles. The van der Waals surface area contributed by atoms with Crippen LogP contribution in [0.25, 0.3) is 21.5 Å². The van der Waals surface area contributed by atoms with Crippen molar-refractivity contribution >= 4 is 33.4 Å². The Morgan fingerprint density at radius 2 is 1.44 bits per heavy atom. The van der Waals surface area contributed by atoms with Gasteiger partial charge in [-0.15, -0.1) is 0 Å².